The van der Waals surface area contributed by atoms with Crippen molar-refractivity contribution in [2.75, 3.05) is 0 Å². The molecule has 0 saturated carbocycles. The minimum Gasteiger partial charge on any atom is -0.0836 e. The summed E-state index contributed by atoms with van der Waals surface area (Å²) in [5.74, 6) is 0. The van der Waals surface area contributed by atoms with E-state index in [1.54, 1.807) is 0 Å². The SMILES string of the molecule is CC/C=C1\CCC=C\C1=C(\CC)c1cccc(CCC)c1-c1ccccc1C. The highest BCUT2D eigenvalue weighted by atomic mass is 14.2. The van der Waals surface area contributed by atoms with Crippen molar-refractivity contribution >= 4 is 5.57 Å². The lowest BCUT2D eigenvalue weighted by Crippen LogP contribution is -2.02. The van der Waals surface area contributed by atoms with Crippen molar-refractivity contribution in [2.45, 2.75) is 66.2 Å². The second kappa shape index (κ2) is 9.73. The monoisotopic (exact) mass is 370 g/mol. The maximum absolute atomic E-state index is 2.43. The number of rotatable bonds is 6. The summed E-state index contributed by atoms with van der Waals surface area (Å²) in [6, 6.07) is 15.8. The topological polar surface area (TPSA) is 0 Å². The number of aryl methyl sites for hydroxylation is 2. The summed E-state index contributed by atoms with van der Waals surface area (Å²) < 4.78 is 0. The van der Waals surface area contributed by atoms with Gasteiger partial charge in [-0.15, -0.1) is 0 Å². The Labute approximate surface area is 171 Å². The Balaban J connectivity index is 2.31. The van der Waals surface area contributed by atoms with Crippen molar-refractivity contribution < 1.29 is 0 Å². The third kappa shape index (κ3) is 4.22. The molecule has 0 aliphatic heterocycles. The predicted molar refractivity (Wildman–Crippen MR) is 125 cm³/mol. The van der Waals surface area contributed by atoms with Gasteiger partial charge in [0.25, 0.3) is 0 Å². The molecule has 0 heterocycles. The first-order valence-corrected chi connectivity index (χ1v) is 11.0. The normalized spacial score (nSPS) is 17.2. The van der Waals surface area contributed by atoms with Crippen LogP contribution in [0, 0.1) is 6.92 Å². The first-order valence-electron chi connectivity index (χ1n) is 11.0. The number of hydrogen-bond acceptors (Lipinski definition) is 0. The van der Waals surface area contributed by atoms with Crippen LogP contribution in [0.3, 0.4) is 0 Å². The van der Waals surface area contributed by atoms with E-state index in [2.05, 4.69) is 88.4 Å². The van der Waals surface area contributed by atoms with E-state index in [1.165, 1.54) is 51.0 Å². The second-order valence-corrected chi connectivity index (χ2v) is 7.73. The number of hydrogen-bond donors (Lipinski definition) is 0. The average Bonchev–Trinajstić information content (AvgIpc) is 2.71. The Hall–Kier alpha value is -2.34. The van der Waals surface area contributed by atoms with Crippen LogP contribution in [0.15, 0.2) is 71.8 Å². The van der Waals surface area contributed by atoms with Gasteiger partial charge in [-0.3, -0.25) is 0 Å². The fourth-order valence-electron chi connectivity index (χ4n) is 4.46. The zero-order valence-corrected chi connectivity index (χ0v) is 18.0. The molecule has 2 aromatic carbocycles. The highest BCUT2D eigenvalue weighted by Crippen LogP contribution is 2.40. The van der Waals surface area contributed by atoms with Gasteiger partial charge >= 0.3 is 0 Å². The third-order valence-electron chi connectivity index (χ3n) is 5.75. The van der Waals surface area contributed by atoms with Crippen LogP contribution >= 0.6 is 0 Å². The van der Waals surface area contributed by atoms with Crippen molar-refractivity contribution in [1.82, 2.24) is 0 Å². The first kappa shape index (κ1) is 20.4. The maximum atomic E-state index is 2.43. The molecule has 0 amide bonds. The molecule has 1 aliphatic rings. The molecule has 0 bridgehead atoms. The Morgan fingerprint density at radius 3 is 2.54 bits per heavy atom. The van der Waals surface area contributed by atoms with E-state index in [-0.39, 0.29) is 0 Å². The van der Waals surface area contributed by atoms with Gasteiger partial charge in [0.05, 0.1) is 0 Å². The fraction of sp³-hybridized carbons (Fsp3) is 0.357. The van der Waals surface area contributed by atoms with Gasteiger partial charge in [-0.25, -0.2) is 0 Å². The van der Waals surface area contributed by atoms with E-state index in [0.29, 0.717) is 0 Å². The van der Waals surface area contributed by atoms with E-state index in [1.807, 2.05) is 0 Å². The third-order valence-corrected chi connectivity index (χ3v) is 5.75. The maximum Gasteiger partial charge on any atom is -0.00737 e. The van der Waals surface area contributed by atoms with Crippen molar-refractivity contribution in [2.24, 2.45) is 0 Å². The quantitative estimate of drug-likeness (QED) is 0.478. The number of benzene rings is 2. The summed E-state index contributed by atoms with van der Waals surface area (Å²) in [6.45, 7) is 9.07. The summed E-state index contributed by atoms with van der Waals surface area (Å²) in [7, 11) is 0. The molecule has 0 atom stereocenters. The Bertz CT molecular complexity index is 905. The molecule has 0 saturated heterocycles. The van der Waals surface area contributed by atoms with Gasteiger partial charge in [0, 0.05) is 0 Å². The van der Waals surface area contributed by atoms with Crippen LogP contribution in [-0.4, -0.2) is 0 Å². The lowest BCUT2D eigenvalue weighted by atomic mass is 9.81. The van der Waals surface area contributed by atoms with E-state index < -0.39 is 0 Å². The van der Waals surface area contributed by atoms with Crippen LogP contribution in [0.4, 0.5) is 0 Å². The lowest BCUT2D eigenvalue weighted by molar-refractivity contribution is 0.922. The Morgan fingerprint density at radius 2 is 1.82 bits per heavy atom. The molecule has 2 aromatic rings. The fourth-order valence-corrected chi connectivity index (χ4v) is 4.46. The minimum absolute atomic E-state index is 1.05. The van der Waals surface area contributed by atoms with Gasteiger partial charge in [0.15, 0.2) is 0 Å². The number of allylic oxidation sites excluding steroid dienone is 6. The van der Waals surface area contributed by atoms with Crippen LogP contribution in [0.2, 0.25) is 0 Å². The van der Waals surface area contributed by atoms with Gasteiger partial charge in [0.1, 0.15) is 0 Å². The zero-order valence-electron chi connectivity index (χ0n) is 18.0. The molecule has 146 valence electrons. The molecular weight excluding hydrogens is 336 g/mol. The minimum atomic E-state index is 1.05. The average molecular weight is 371 g/mol. The molecule has 0 radical (unpaired) electrons. The van der Waals surface area contributed by atoms with Crippen molar-refractivity contribution in [3.05, 3.63) is 88.5 Å². The molecule has 28 heavy (non-hydrogen) atoms. The van der Waals surface area contributed by atoms with Gasteiger partial charge in [-0.1, -0.05) is 87.9 Å². The van der Waals surface area contributed by atoms with E-state index in [0.717, 1.165) is 32.1 Å². The lowest BCUT2D eigenvalue weighted by Gasteiger charge is -2.23. The summed E-state index contributed by atoms with van der Waals surface area (Å²) in [5, 5.41) is 0. The molecule has 0 fully saturated rings. The smallest absolute Gasteiger partial charge is 0.00737 e. The van der Waals surface area contributed by atoms with Crippen LogP contribution in [-0.2, 0) is 6.42 Å². The van der Waals surface area contributed by atoms with Crippen molar-refractivity contribution in [3.63, 3.8) is 0 Å². The highest BCUT2D eigenvalue weighted by molar-refractivity contribution is 5.88. The van der Waals surface area contributed by atoms with E-state index in [9.17, 15) is 0 Å². The van der Waals surface area contributed by atoms with Crippen LogP contribution < -0.4 is 0 Å². The highest BCUT2D eigenvalue weighted by Gasteiger charge is 2.18. The molecule has 1 aliphatic carbocycles. The van der Waals surface area contributed by atoms with Crippen molar-refractivity contribution in [1.29, 1.82) is 0 Å². The predicted octanol–water partition coefficient (Wildman–Crippen LogP) is 8.46. The molecule has 0 N–H and O–H groups in total. The molecular formula is C28H34. The summed E-state index contributed by atoms with van der Waals surface area (Å²) >= 11 is 0. The van der Waals surface area contributed by atoms with E-state index >= 15 is 0 Å². The van der Waals surface area contributed by atoms with Gasteiger partial charge in [-0.2, -0.15) is 0 Å². The van der Waals surface area contributed by atoms with E-state index in [4.69, 9.17) is 0 Å². The summed E-state index contributed by atoms with van der Waals surface area (Å²) in [4.78, 5) is 0. The zero-order chi connectivity index (χ0) is 19.9. The Morgan fingerprint density at radius 1 is 1.00 bits per heavy atom. The van der Waals surface area contributed by atoms with Crippen LogP contribution in [0.25, 0.3) is 16.7 Å². The molecule has 0 nitrogen and oxygen atoms in total. The van der Waals surface area contributed by atoms with Gasteiger partial charge in [-0.05, 0) is 83.6 Å². The summed E-state index contributed by atoms with van der Waals surface area (Å²) in [5.41, 5.74) is 11.6. The Kier molecular flexibility index (Phi) is 7.09. The molecule has 0 heteroatoms. The summed E-state index contributed by atoms with van der Waals surface area (Å²) in [6.07, 6.45) is 13.9. The molecule has 0 unspecified atom stereocenters. The van der Waals surface area contributed by atoms with Crippen molar-refractivity contribution in [3.8, 4) is 11.1 Å². The largest absolute Gasteiger partial charge is 0.0836 e. The van der Waals surface area contributed by atoms with Crippen LogP contribution in [0.5, 0.6) is 0 Å². The van der Waals surface area contributed by atoms with Gasteiger partial charge < -0.3 is 0 Å². The first-order chi connectivity index (χ1) is 13.7. The second-order valence-electron chi connectivity index (χ2n) is 7.73. The molecule has 3 rings (SSSR count). The molecule has 0 aromatic heterocycles. The van der Waals surface area contributed by atoms with Gasteiger partial charge in [0.2, 0.25) is 0 Å². The van der Waals surface area contributed by atoms with Crippen LogP contribution in [0.1, 0.15) is 69.6 Å². The molecule has 0 spiro atoms. The standard InChI is InChI=1S/C28H34/c1-5-13-22-16-9-11-19-26(22)24(7-3)27-20-12-17-23(14-6-2)28(27)25-18-10-8-15-21(25)4/h8,10-13,15,17-20H,5-7,9,14,16H2,1-4H3/b22-13+,26-24+.